The Bertz CT molecular complexity index is 796. The van der Waals surface area contributed by atoms with Crippen molar-refractivity contribution in [1.29, 1.82) is 0 Å². The van der Waals surface area contributed by atoms with Crippen LogP contribution < -0.4 is 4.74 Å². The molecule has 0 spiro atoms. The van der Waals surface area contributed by atoms with E-state index in [4.69, 9.17) is 4.74 Å². The fraction of sp³-hybridized carbons (Fsp3) is 0.381. The van der Waals surface area contributed by atoms with Crippen molar-refractivity contribution < 1.29 is 18.7 Å². The fourth-order valence-corrected chi connectivity index (χ4v) is 3.34. The number of benzene rings is 2. The predicted octanol–water partition coefficient (Wildman–Crippen LogP) is 4.87. The molecule has 7 heteroatoms. The quantitative estimate of drug-likeness (QED) is 0.306. The lowest BCUT2D eigenvalue weighted by Crippen LogP contribution is -2.31. The molecule has 0 aromatic heterocycles. The minimum atomic E-state index is -0.782. The third-order valence-corrected chi connectivity index (χ3v) is 4.73. The number of hydrogen-bond acceptors (Lipinski definition) is 4. The number of oxime groups is 1. The zero-order valence-corrected chi connectivity index (χ0v) is 16.4. The van der Waals surface area contributed by atoms with Gasteiger partial charge in [-0.25, -0.2) is 8.78 Å². The van der Waals surface area contributed by atoms with Crippen LogP contribution in [0.1, 0.15) is 36.8 Å². The van der Waals surface area contributed by atoms with E-state index >= 15 is 0 Å². The van der Waals surface area contributed by atoms with Gasteiger partial charge in [-0.05, 0) is 56.6 Å². The minimum absolute atomic E-state index is 0. The molecule has 4 nitrogen and oxygen atoms in total. The molecule has 2 aromatic rings. The van der Waals surface area contributed by atoms with Crippen LogP contribution >= 0.6 is 12.4 Å². The van der Waals surface area contributed by atoms with Gasteiger partial charge in [-0.15, -0.1) is 12.4 Å². The van der Waals surface area contributed by atoms with Crippen LogP contribution in [0.3, 0.4) is 0 Å². The average Bonchev–Trinajstić information content (AvgIpc) is 2.69. The first-order valence-electron chi connectivity index (χ1n) is 9.30. The van der Waals surface area contributed by atoms with Crippen LogP contribution in [0.4, 0.5) is 8.78 Å². The second kappa shape index (κ2) is 11.0. The minimum Gasteiger partial charge on any atom is -0.494 e. The van der Waals surface area contributed by atoms with Gasteiger partial charge in [-0.1, -0.05) is 23.7 Å². The molecule has 1 heterocycles. The zero-order valence-electron chi connectivity index (χ0n) is 15.6. The number of piperidine rings is 1. The molecule has 0 bridgehead atoms. The zero-order chi connectivity index (χ0) is 19.1. The molecule has 1 saturated heterocycles. The Hall–Kier alpha value is -2.18. The van der Waals surface area contributed by atoms with E-state index < -0.39 is 11.6 Å². The van der Waals surface area contributed by atoms with E-state index in [0.717, 1.165) is 38.2 Å². The molecular formula is C21H25ClF2N2O2. The van der Waals surface area contributed by atoms with Crippen molar-refractivity contribution >= 4 is 18.1 Å². The summed E-state index contributed by atoms with van der Waals surface area (Å²) in [5, 5.41) is 12.6. The van der Waals surface area contributed by atoms with Gasteiger partial charge in [-0.3, -0.25) is 0 Å². The number of halogens is 3. The molecule has 28 heavy (non-hydrogen) atoms. The van der Waals surface area contributed by atoms with Crippen molar-refractivity contribution in [3.63, 3.8) is 0 Å². The number of likely N-dealkylation sites (tertiary alicyclic amines) is 1. The van der Waals surface area contributed by atoms with Crippen LogP contribution in [0.25, 0.3) is 0 Å². The Kier molecular flexibility index (Phi) is 8.67. The summed E-state index contributed by atoms with van der Waals surface area (Å²) in [6.07, 6.45) is 4.79. The summed E-state index contributed by atoms with van der Waals surface area (Å²) in [7, 11) is 0. The van der Waals surface area contributed by atoms with Crippen molar-refractivity contribution in [3.8, 4) is 5.75 Å². The number of ether oxygens (including phenoxy) is 1. The van der Waals surface area contributed by atoms with E-state index in [1.165, 1.54) is 25.3 Å². The van der Waals surface area contributed by atoms with Crippen LogP contribution in [0.15, 0.2) is 47.6 Å². The fourth-order valence-electron chi connectivity index (χ4n) is 3.34. The second-order valence-corrected chi connectivity index (χ2v) is 6.70. The monoisotopic (exact) mass is 410 g/mol. The molecule has 2 aromatic carbocycles. The van der Waals surface area contributed by atoms with Gasteiger partial charge in [-0.2, -0.15) is 0 Å². The van der Waals surface area contributed by atoms with E-state index in [2.05, 4.69) is 10.1 Å². The highest BCUT2D eigenvalue weighted by molar-refractivity contribution is 6.12. The van der Waals surface area contributed by atoms with Gasteiger partial charge in [0.1, 0.15) is 23.1 Å². The highest BCUT2D eigenvalue weighted by Gasteiger charge is 2.14. The molecule has 152 valence electrons. The van der Waals surface area contributed by atoms with E-state index in [0.29, 0.717) is 17.9 Å². The van der Waals surface area contributed by atoms with E-state index in [9.17, 15) is 14.0 Å². The van der Waals surface area contributed by atoms with E-state index in [1.807, 2.05) is 0 Å². The molecule has 1 fully saturated rings. The van der Waals surface area contributed by atoms with Crippen LogP contribution in [-0.2, 0) is 0 Å². The maximum atomic E-state index is 14.0. The van der Waals surface area contributed by atoms with E-state index in [-0.39, 0.29) is 23.7 Å². The highest BCUT2D eigenvalue weighted by Crippen LogP contribution is 2.20. The molecule has 0 unspecified atom stereocenters. The molecule has 0 amide bonds. The second-order valence-electron chi connectivity index (χ2n) is 6.70. The van der Waals surface area contributed by atoms with Crippen molar-refractivity contribution in [1.82, 2.24) is 4.90 Å². The smallest absolute Gasteiger partial charge is 0.135 e. The SMILES string of the molecule is Cl.ON=C(c1cccc(OCCCN2CCCCC2)c1)c1ccc(F)cc1F. The van der Waals surface area contributed by atoms with Crippen LogP contribution in [0.2, 0.25) is 0 Å². The lowest BCUT2D eigenvalue weighted by atomic mass is 10.0. The van der Waals surface area contributed by atoms with Crippen molar-refractivity contribution in [3.05, 3.63) is 65.2 Å². The molecule has 1 aliphatic heterocycles. The van der Waals surface area contributed by atoms with Gasteiger partial charge in [0, 0.05) is 23.7 Å². The van der Waals surface area contributed by atoms with Gasteiger partial charge < -0.3 is 14.8 Å². The van der Waals surface area contributed by atoms with Crippen LogP contribution in [-0.4, -0.2) is 42.1 Å². The van der Waals surface area contributed by atoms with Gasteiger partial charge in [0.25, 0.3) is 0 Å². The Morgan fingerprint density at radius 2 is 1.86 bits per heavy atom. The molecule has 1 aliphatic rings. The molecule has 0 radical (unpaired) electrons. The first-order valence-corrected chi connectivity index (χ1v) is 9.30. The summed E-state index contributed by atoms with van der Waals surface area (Å²) in [4.78, 5) is 2.46. The van der Waals surface area contributed by atoms with Crippen LogP contribution in [0.5, 0.6) is 5.75 Å². The molecule has 0 saturated carbocycles. The largest absolute Gasteiger partial charge is 0.494 e. The normalized spacial score (nSPS) is 15.1. The highest BCUT2D eigenvalue weighted by atomic mass is 35.5. The predicted molar refractivity (Wildman–Crippen MR) is 108 cm³/mol. The Labute approximate surface area is 170 Å². The maximum Gasteiger partial charge on any atom is 0.135 e. The average molecular weight is 411 g/mol. The van der Waals surface area contributed by atoms with Gasteiger partial charge in [0.05, 0.1) is 6.61 Å². The summed E-state index contributed by atoms with van der Waals surface area (Å²) < 4.78 is 33.0. The van der Waals surface area contributed by atoms with Crippen molar-refractivity contribution in [2.75, 3.05) is 26.2 Å². The molecule has 0 aliphatic carbocycles. The third-order valence-electron chi connectivity index (χ3n) is 4.73. The molecular weight excluding hydrogens is 386 g/mol. The third kappa shape index (κ3) is 5.91. The lowest BCUT2D eigenvalue weighted by Gasteiger charge is -2.26. The first-order chi connectivity index (χ1) is 13.2. The maximum absolute atomic E-state index is 14.0. The molecule has 3 rings (SSSR count). The Balaban J connectivity index is 0.00000280. The summed E-state index contributed by atoms with van der Waals surface area (Å²) in [6, 6.07) is 10.1. The van der Waals surface area contributed by atoms with E-state index in [1.54, 1.807) is 24.3 Å². The Morgan fingerprint density at radius 1 is 1.07 bits per heavy atom. The first kappa shape index (κ1) is 22.1. The standard InChI is InChI=1S/C21H24F2N2O2.ClH/c22-17-8-9-19(20(23)15-17)21(24-26)16-6-4-7-18(14-16)27-13-5-12-25-10-2-1-3-11-25;/h4,6-9,14-15,26H,1-3,5,10-13H2;1H. The number of rotatable bonds is 7. The van der Waals surface area contributed by atoms with Gasteiger partial charge in [0.15, 0.2) is 0 Å². The summed E-state index contributed by atoms with van der Waals surface area (Å²) in [5.41, 5.74) is 0.559. The summed E-state index contributed by atoms with van der Waals surface area (Å²) in [6.45, 7) is 3.92. The Morgan fingerprint density at radius 3 is 2.57 bits per heavy atom. The van der Waals surface area contributed by atoms with Gasteiger partial charge >= 0.3 is 0 Å². The number of hydrogen-bond donors (Lipinski definition) is 1. The lowest BCUT2D eigenvalue weighted by molar-refractivity contribution is 0.205. The van der Waals surface area contributed by atoms with Gasteiger partial charge in [0.2, 0.25) is 0 Å². The topological polar surface area (TPSA) is 45.1 Å². The molecule has 0 atom stereocenters. The van der Waals surface area contributed by atoms with Crippen molar-refractivity contribution in [2.45, 2.75) is 25.7 Å². The van der Waals surface area contributed by atoms with Crippen LogP contribution in [0, 0.1) is 11.6 Å². The summed E-state index contributed by atoms with van der Waals surface area (Å²) in [5.74, 6) is -0.843. The van der Waals surface area contributed by atoms with Crippen molar-refractivity contribution in [2.24, 2.45) is 5.16 Å². The molecule has 1 N–H and O–H groups in total. The number of nitrogens with zero attached hydrogens (tertiary/aromatic N) is 2. The summed E-state index contributed by atoms with van der Waals surface area (Å²) >= 11 is 0.